The Hall–Kier alpha value is -2.99. The van der Waals surface area contributed by atoms with Crippen LogP contribution in [0, 0.1) is 5.92 Å². The van der Waals surface area contributed by atoms with Crippen molar-refractivity contribution in [3.63, 3.8) is 0 Å². The van der Waals surface area contributed by atoms with E-state index in [0.717, 1.165) is 31.2 Å². The summed E-state index contributed by atoms with van der Waals surface area (Å²) in [6.45, 7) is 0.769. The van der Waals surface area contributed by atoms with Gasteiger partial charge in [-0.3, -0.25) is 19.3 Å². The molecular formula is C23H25N3O3. The van der Waals surface area contributed by atoms with Crippen LogP contribution in [-0.2, 0) is 6.54 Å². The lowest BCUT2D eigenvalue weighted by Gasteiger charge is -2.31. The van der Waals surface area contributed by atoms with E-state index < -0.39 is 0 Å². The second-order valence-electron chi connectivity index (χ2n) is 7.80. The molecule has 0 saturated heterocycles. The molecule has 2 aromatic rings. The smallest absolute Gasteiger partial charge is 0.261 e. The maximum atomic E-state index is 12.8. The molecule has 0 spiro atoms. The molecule has 2 aliphatic rings. The summed E-state index contributed by atoms with van der Waals surface area (Å²) >= 11 is 0. The minimum Gasteiger partial charge on any atom is -0.349 e. The summed E-state index contributed by atoms with van der Waals surface area (Å²) in [7, 11) is 0. The first kappa shape index (κ1) is 19.3. The highest BCUT2D eigenvalue weighted by atomic mass is 16.2. The van der Waals surface area contributed by atoms with Gasteiger partial charge in [0.05, 0.1) is 17.7 Å². The average Bonchev–Trinajstić information content (AvgIpc) is 2.99. The van der Waals surface area contributed by atoms with Gasteiger partial charge in [0.15, 0.2) is 0 Å². The molecule has 1 aliphatic carbocycles. The second kappa shape index (κ2) is 8.17. The summed E-state index contributed by atoms with van der Waals surface area (Å²) in [5.74, 6) is -0.621. The fourth-order valence-electron chi connectivity index (χ4n) is 4.27. The van der Waals surface area contributed by atoms with E-state index in [4.69, 9.17) is 5.73 Å². The van der Waals surface area contributed by atoms with E-state index in [1.54, 1.807) is 12.1 Å². The van der Waals surface area contributed by atoms with E-state index in [1.165, 1.54) is 11.0 Å². The molecule has 1 fully saturated rings. The Balaban J connectivity index is 1.52. The molecule has 2 unspecified atom stereocenters. The summed E-state index contributed by atoms with van der Waals surface area (Å²) in [6, 6.07) is 14.2. The van der Waals surface area contributed by atoms with E-state index in [9.17, 15) is 14.4 Å². The zero-order valence-electron chi connectivity index (χ0n) is 16.3. The van der Waals surface area contributed by atoms with Crippen LogP contribution in [0.25, 0.3) is 0 Å². The van der Waals surface area contributed by atoms with Crippen molar-refractivity contribution in [1.29, 1.82) is 0 Å². The molecule has 29 heavy (non-hydrogen) atoms. The lowest BCUT2D eigenvalue weighted by atomic mass is 9.84. The highest BCUT2D eigenvalue weighted by Crippen LogP contribution is 2.27. The molecule has 0 radical (unpaired) electrons. The maximum absolute atomic E-state index is 12.8. The minimum atomic E-state index is -0.360. The number of nitrogens with two attached hydrogens (primary N) is 1. The number of rotatable bonds is 5. The predicted octanol–water partition coefficient (Wildman–Crippen LogP) is 2.73. The molecule has 1 saturated carbocycles. The number of nitrogens with zero attached hydrogens (tertiary/aromatic N) is 1. The van der Waals surface area contributed by atoms with Gasteiger partial charge in [-0.1, -0.05) is 43.2 Å². The van der Waals surface area contributed by atoms with Gasteiger partial charge in [-0.05, 0) is 49.1 Å². The van der Waals surface area contributed by atoms with E-state index >= 15 is 0 Å². The number of hydrogen-bond acceptors (Lipinski definition) is 4. The molecule has 150 valence electrons. The number of carbonyl (C=O) groups is 3. The molecule has 2 atom stereocenters. The molecular weight excluding hydrogens is 366 g/mol. The van der Waals surface area contributed by atoms with Gasteiger partial charge in [0.1, 0.15) is 0 Å². The van der Waals surface area contributed by atoms with Crippen molar-refractivity contribution in [2.24, 2.45) is 11.7 Å². The van der Waals surface area contributed by atoms with Gasteiger partial charge in [-0.2, -0.15) is 0 Å². The van der Waals surface area contributed by atoms with Crippen molar-refractivity contribution in [3.05, 3.63) is 70.8 Å². The second-order valence-corrected chi connectivity index (χ2v) is 7.80. The van der Waals surface area contributed by atoms with Crippen LogP contribution < -0.4 is 11.1 Å². The van der Waals surface area contributed by atoms with Crippen molar-refractivity contribution in [1.82, 2.24) is 10.2 Å². The van der Waals surface area contributed by atoms with Gasteiger partial charge in [-0.15, -0.1) is 0 Å². The minimum absolute atomic E-state index is 0.0569. The highest BCUT2D eigenvalue weighted by Gasteiger charge is 2.36. The fourth-order valence-corrected chi connectivity index (χ4v) is 4.27. The largest absolute Gasteiger partial charge is 0.349 e. The SMILES string of the molecule is NCC1CCCCC1NC(=O)c1ccc2c(c1)C(=O)N(Cc1ccccc1)C2=O. The quantitative estimate of drug-likeness (QED) is 0.767. The molecule has 3 N–H and O–H groups in total. The normalized spacial score (nSPS) is 21.2. The number of amides is 3. The van der Waals surface area contributed by atoms with Crippen LogP contribution in [0.3, 0.4) is 0 Å². The number of fused-ring (bicyclic) bond motifs is 1. The molecule has 3 amide bonds. The van der Waals surface area contributed by atoms with Crippen LogP contribution >= 0.6 is 0 Å². The van der Waals surface area contributed by atoms with Crippen LogP contribution in [0.1, 0.15) is 62.3 Å². The Morgan fingerprint density at radius 3 is 2.48 bits per heavy atom. The molecule has 1 aliphatic heterocycles. The first-order chi connectivity index (χ1) is 14.1. The monoisotopic (exact) mass is 391 g/mol. The number of hydrogen-bond donors (Lipinski definition) is 2. The molecule has 6 nitrogen and oxygen atoms in total. The predicted molar refractivity (Wildman–Crippen MR) is 109 cm³/mol. The average molecular weight is 391 g/mol. The van der Waals surface area contributed by atoms with Gasteiger partial charge >= 0.3 is 0 Å². The van der Waals surface area contributed by atoms with Gasteiger partial charge in [-0.25, -0.2) is 0 Å². The van der Waals surface area contributed by atoms with Crippen molar-refractivity contribution >= 4 is 17.7 Å². The molecule has 0 aromatic heterocycles. The molecule has 0 bridgehead atoms. The lowest BCUT2D eigenvalue weighted by Crippen LogP contribution is -2.44. The first-order valence-electron chi connectivity index (χ1n) is 10.1. The summed E-state index contributed by atoms with van der Waals surface area (Å²) in [5.41, 5.74) is 7.77. The Bertz CT molecular complexity index is 942. The third-order valence-electron chi connectivity index (χ3n) is 5.94. The lowest BCUT2D eigenvalue weighted by molar-refractivity contribution is 0.0642. The van der Waals surface area contributed by atoms with E-state index in [-0.39, 0.29) is 41.8 Å². The highest BCUT2D eigenvalue weighted by molar-refractivity contribution is 6.22. The van der Waals surface area contributed by atoms with Crippen LogP contribution in [0.15, 0.2) is 48.5 Å². The Kier molecular flexibility index (Phi) is 5.45. The number of carbonyl (C=O) groups excluding carboxylic acids is 3. The number of benzene rings is 2. The van der Waals surface area contributed by atoms with E-state index in [1.807, 2.05) is 30.3 Å². The summed E-state index contributed by atoms with van der Waals surface area (Å²) in [4.78, 5) is 39.5. The standard InChI is InChI=1S/C23H25N3O3/c24-13-17-8-4-5-9-20(17)25-21(27)16-10-11-18-19(12-16)23(29)26(22(18)28)14-15-6-2-1-3-7-15/h1-3,6-7,10-12,17,20H,4-5,8-9,13-14,24H2,(H,25,27). The van der Waals surface area contributed by atoms with E-state index in [0.29, 0.717) is 17.7 Å². The van der Waals surface area contributed by atoms with E-state index in [2.05, 4.69) is 5.32 Å². The van der Waals surface area contributed by atoms with Crippen LogP contribution in [0.4, 0.5) is 0 Å². The zero-order valence-corrected chi connectivity index (χ0v) is 16.3. The summed E-state index contributed by atoms with van der Waals surface area (Å²) < 4.78 is 0. The van der Waals surface area contributed by atoms with Gasteiger partial charge in [0.2, 0.25) is 0 Å². The van der Waals surface area contributed by atoms with Crippen molar-refractivity contribution in [2.75, 3.05) is 6.54 Å². The Morgan fingerprint density at radius 2 is 1.72 bits per heavy atom. The molecule has 1 heterocycles. The van der Waals surface area contributed by atoms with Gasteiger partial charge in [0.25, 0.3) is 17.7 Å². The zero-order chi connectivity index (χ0) is 20.4. The van der Waals surface area contributed by atoms with Crippen molar-refractivity contribution < 1.29 is 14.4 Å². The Morgan fingerprint density at radius 1 is 1.00 bits per heavy atom. The van der Waals surface area contributed by atoms with Crippen molar-refractivity contribution in [3.8, 4) is 0 Å². The summed E-state index contributed by atoms with van der Waals surface area (Å²) in [5, 5.41) is 3.08. The molecule has 4 rings (SSSR count). The van der Waals surface area contributed by atoms with Crippen LogP contribution in [0.5, 0.6) is 0 Å². The summed E-state index contributed by atoms with van der Waals surface area (Å²) in [6.07, 6.45) is 4.15. The van der Waals surface area contributed by atoms with Crippen LogP contribution in [-0.4, -0.2) is 35.2 Å². The molecule has 6 heteroatoms. The third-order valence-corrected chi connectivity index (χ3v) is 5.94. The number of imide groups is 1. The topological polar surface area (TPSA) is 92.5 Å². The molecule has 2 aromatic carbocycles. The van der Waals surface area contributed by atoms with Gasteiger partial charge < -0.3 is 11.1 Å². The van der Waals surface area contributed by atoms with Crippen molar-refractivity contribution in [2.45, 2.75) is 38.3 Å². The van der Waals surface area contributed by atoms with Crippen LogP contribution in [0.2, 0.25) is 0 Å². The third kappa shape index (κ3) is 3.80. The maximum Gasteiger partial charge on any atom is 0.261 e. The number of nitrogens with one attached hydrogen (secondary N) is 1. The first-order valence-corrected chi connectivity index (χ1v) is 10.1. The van der Waals surface area contributed by atoms with Gasteiger partial charge in [0, 0.05) is 11.6 Å². The fraction of sp³-hybridized carbons (Fsp3) is 0.348. The Labute approximate surface area is 170 Å².